The fourth-order valence-electron chi connectivity index (χ4n) is 2.43. The lowest BCUT2D eigenvalue weighted by Crippen LogP contribution is -2.51. The molecule has 1 amide bonds. The highest BCUT2D eigenvalue weighted by atomic mass is 28.4. The first-order chi connectivity index (χ1) is 11.7. The molecule has 1 aliphatic rings. The molecule has 0 spiro atoms. The van der Waals surface area contributed by atoms with Crippen LogP contribution >= 0.6 is 0 Å². The van der Waals surface area contributed by atoms with Crippen LogP contribution in [0.1, 0.15) is 48.0 Å². The van der Waals surface area contributed by atoms with Crippen molar-refractivity contribution in [2.45, 2.75) is 77.7 Å². The van der Waals surface area contributed by atoms with Crippen LogP contribution in [-0.4, -0.2) is 61.6 Å². The molecular formula is C19H35NO5Si. The second kappa shape index (κ2) is 8.23. The summed E-state index contributed by atoms with van der Waals surface area (Å²) >= 11 is 0. The number of hydrogen-bond acceptors (Lipinski definition) is 5. The van der Waals surface area contributed by atoms with Gasteiger partial charge in [0.1, 0.15) is 5.60 Å². The molecule has 0 saturated heterocycles. The number of ether oxygens (including phenoxy) is 1. The van der Waals surface area contributed by atoms with Crippen LogP contribution in [0.2, 0.25) is 18.1 Å². The number of ketones is 1. The van der Waals surface area contributed by atoms with Crippen molar-refractivity contribution < 1.29 is 23.9 Å². The molecule has 1 aliphatic heterocycles. The molecule has 0 bridgehead atoms. The van der Waals surface area contributed by atoms with Gasteiger partial charge in [0.2, 0.25) is 0 Å². The summed E-state index contributed by atoms with van der Waals surface area (Å²) in [7, 11) is -1.89. The van der Waals surface area contributed by atoms with Crippen molar-refractivity contribution in [2.24, 2.45) is 0 Å². The van der Waals surface area contributed by atoms with Crippen LogP contribution in [0.25, 0.3) is 0 Å². The van der Waals surface area contributed by atoms with Crippen LogP contribution in [0, 0.1) is 0 Å². The number of amides is 1. The first-order valence-electron chi connectivity index (χ1n) is 9.15. The third-order valence-electron chi connectivity index (χ3n) is 4.94. The molecule has 6 nitrogen and oxygen atoms in total. The Hall–Kier alpha value is -1.18. The monoisotopic (exact) mass is 385 g/mol. The van der Waals surface area contributed by atoms with Gasteiger partial charge in [-0.05, 0) is 57.0 Å². The Bertz CT molecular complexity index is 557. The maximum absolute atomic E-state index is 12.4. The van der Waals surface area contributed by atoms with E-state index in [2.05, 4.69) is 33.9 Å². The van der Waals surface area contributed by atoms with E-state index in [1.54, 1.807) is 20.8 Å². The molecule has 0 aliphatic carbocycles. The Kier molecular flexibility index (Phi) is 7.23. The highest BCUT2D eigenvalue weighted by molar-refractivity contribution is 6.74. The number of aliphatic hydroxyl groups excluding tert-OH is 1. The number of carbonyl (C=O) groups excluding carboxylic acids is 2. The van der Waals surface area contributed by atoms with Gasteiger partial charge < -0.3 is 14.3 Å². The van der Waals surface area contributed by atoms with E-state index in [4.69, 9.17) is 9.16 Å². The minimum absolute atomic E-state index is 0.0767. The van der Waals surface area contributed by atoms with Gasteiger partial charge in [-0.1, -0.05) is 20.8 Å². The van der Waals surface area contributed by atoms with Gasteiger partial charge in [0.15, 0.2) is 14.1 Å². The van der Waals surface area contributed by atoms with Crippen LogP contribution in [0.3, 0.4) is 0 Å². The van der Waals surface area contributed by atoms with Crippen molar-refractivity contribution in [3.63, 3.8) is 0 Å². The van der Waals surface area contributed by atoms with E-state index in [0.717, 1.165) is 0 Å². The predicted molar refractivity (Wildman–Crippen MR) is 105 cm³/mol. The van der Waals surface area contributed by atoms with Gasteiger partial charge in [0.05, 0.1) is 19.2 Å². The summed E-state index contributed by atoms with van der Waals surface area (Å²) in [6.07, 6.45) is 1.46. The third kappa shape index (κ3) is 6.21. The van der Waals surface area contributed by atoms with Gasteiger partial charge in [-0.2, -0.15) is 0 Å². The second-order valence-electron chi connectivity index (χ2n) is 9.35. The molecule has 7 heteroatoms. The summed E-state index contributed by atoms with van der Waals surface area (Å²) in [6, 6.07) is -0.550. The maximum atomic E-state index is 12.4. The zero-order valence-corrected chi connectivity index (χ0v) is 18.5. The minimum Gasteiger partial charge on any atom is -0.444 e. The maximum Gasteiger partial charge on any atom is 0.411 e. The van der Waals surface area contributed by atoms with Crippen molar-refractivity contribution in [1.82, 2.24) is 4.90 Å². The Morgan fingerprint density at radius 2 is 1.85 bits per heavy atom. The minimum atomic E-state index is -1.89. The molecule has 0 aromatic heterocycles. The van der Waals surface area contributed by atoms with Gasteiger partial charge in [-0.25, -0.2) is 4.79 Å². The standard InChI is InChI=1S/C19H35NO5Si/c1-18(2,3)25-17(23)20-12-15(22)11-14(16(20)13-21)9-10-24-26(7,8)19(4,5)6/h11,16,21H,9-10,12-13H2,1-8H3/t16-/m1/s1. The van der Waals surface area contributed by atoms with Crippen molar-refractivity contribution in [2.75, 3.05) is 19.8 Å². The molecule has 0 aromatic carbocycles. The molecule has 1 atom stereocenters. The third-order valence-corrected chi connectivity index (χ3v) is 9.48. The number of carbonyl (C=O) groups is 2. The number of rotatable bonds is 5. The second-order valence-corrected chi connectivity index (χ2v) is 14.2. The molecule has 1 heterocycles. The lowest BCUT2D eigenvalue weighted by atomic mass is 9.97. The quantitative estimate of drug-likeness (QED) is 0.733. The van der Waals surface area contributed by atoms with Gasteiger partial charge in [0.25, 0.3) is 0 Å². The number of nitrogens with zero attached hydrogens (tertiary/aromatic N) is 1. The van der Waals surface area contributed by atoms with Crippen LogP contribution < -0.4 is 0 Å². The van der Waals surface area contributed by atoms with Gasteiger partial charge in [-0.15, -0.1) is 0 Å². The molecular weight excluding hydrogens is 350 g/mol. The zero-order valence-electron chi connectivity index (χ0n) is 17.5. The van der Waals surface area contributed by atoms with E-state index in [0.29, 0.717) is 18.6 Å². The van der Waals surface area contributed by atoms with E-state index in [9.17, 15) is 14.7 Å². The van der Waals surface area contributed by atoms with Crippen molar-refractivity contribution >= 4 is 20.2 Å². The molecule has 0 radical (unpaired) electrons. The first kappa shape index (κ1) is 22.9. The van der Waals surface area contributed by atoms with Gasteiger partial charge >= 0.3 is 6.09 Å². The van der Waals surface area contributed by atoms with Gasteiger partial charge in [-0.3, -0.25) is 9.69 Å². The van der Waals surface area contributed by atoms with Crippen molar-refractivity contribution in [3.8, 4) is 0 Å². The fraction of sp³-hybridized carbons (Fsp3) is 0.789. The van der Waals surface area contributed by atoms with E-state index in [-0.39, 0.29) is 24.0 Å². The summed E-state index contributed by atoms with van der Waals surface area (Å²) in [5.41, 5.74) is 0.0562. The SMILES string of the molecule is CC(C)(C)OC(=O)N1CC(=O)C=C(CCO[Si](C)(C)C(C)(C)C)[C@H]1CO. The lowest BCUT2D eigenvalue weighted by Gasteiger charge is -2.38. The summed E-state index contributed by atoms with van der Waals surface area (Å²) < 4.78 is 11.6. The Morgan fingerprint density at radius 3 is 2.31 bits per heavy atom. The number of aliphatic hydroxyl groups is 1. The lowest BCUT2D eigenvalue weighted by molar-refractivity contribution is -0.117. The van der Waals surface area contributed by atoms with Crippen LogP contribution in [0.15, 0.2) is 11.6 Å². The molecule has 1 N–H and O–H groups in total. The Balaban J connectivity index is 2.84. The summed E-state index contributed by atoms with van der Waals surface area (Å²) in [5, 5.41) is 9.92. The van der Waals surface area contributed by atoms with Crippen molar-refractivity contribution in [1.29, 1.82) is 0 Å². The number of hydrogen-bond donors (Lipinski definition) is 1. The first-order valence-corrected chi connectivity index (χ1v) is 12.1. The van der Waals surface area contributed by atoms with E-state index in [1.165, 1.54) is 11.0 Å². The molecule has 0 saturated carbocycles. The van der Waals surface area contributed by atoms with Crippen molar-refractivity contribution in [3.05, 3.63) is 11.6 Å². The van der Waals surface area contributed by atoms with Crippen LogP contribution in [-0.2, 0) is 14.0 Å². The van der Waals surface area contributed by atoms with Crippen LogP contribution in [0.5, 0.6) is 0 Å². The molecule has 0 unspecified atom stereocenters. The average molecular weight is 386 g/mol. The Labute approximate surface area is 158 Å². The molecule has 0 aromatic rings. The smallest absolute Gasteiger partial charge is 0.411 e. The molecule has 26 heavy (non-hydrogen) atoms. The van der Waals surface area contributed by atoms with Crippen LogP contribution in [0.4, 0.5) is 4.79 Å². The predicted octanol–water partition coefficient (Wildman–Crippen LogP) is 3.51. The topological polar surface area (TPSA) is 76.1 Å². The fourth-order valence-corrected chi connectivity index (χ4v) is 3.48. The average Bonchev–Trinajstić information content (AvgIpc) is 2.43. The molecule has 0 fully saturated rings. The summed E-state index contributed by atoms with van der Waals surface area (Å²) in [5.74, 6) is -0.164. The zero-order chi connectivity index (χ0) is 20.3. The molecule has 1 rings (SSSR count). The summed E-state index contributed by atoms with van der Waals surface area (Å²) in [4.78, 5) is 25.8. The van der Waals surface area contributed by atoms with E-state index >= 15 is 0 Å². The normalized spacial score (nSPS) is 19.4. The molecule has 150 valence electrons. The largest absolute Gasteiger partial charge is 0.444 e. The Morgan fingerprint density at radius 1 is 1.27 bits per heavy atom. The highest BCUT2D eigenvalue weighted by Crippen LogP contribution is 2.36. The van der Waals surface area contributed by atoms with E-state index in [1.807, 2.05) is 0 Å². The summed E-state index contributed by atoms with van der Waals surface area (Å²) in [6.45, 7) is 16.3. The highest BCUT2D eigenvalue weighted by Gasteiger charge is 2.38. The van der Waals surface area contributed by atoms with Gasteiger partial charge in [0, 0.05) is 6.61 Å². The van der Waals surface area contributed by atoms with E-state index < -0.39 is 26.1 Å².